The number of aliphatic hydroxyl groups excluding tert-OH is 3. The maximum atomic E-state index is 12.4. The maximum absolute atomic E-state index is 12.4. The molecule has 0 fully saturated rings. The fourth-order valence-electron chi connectivity index (χ4n) is 7.98. The highest BCUT2D eigenvalue weighted by molar-refractivity contribution is 5.76. The third kappa shape index (κ3) is 41.1. The van der Waals surface area contributed by atoms with Crippen LogP contribution in [0.4, 0.5) is 0 Å². The van der Waals surface area contributed by atoms with Crippen LogP contribution in [0.25, 0.3) is 0 Å². The summed E-state index contributed by atoms with van der Waals surface area (Å²) < 4.78 is 0. The number of unbranched alkanes of at least 4 members (excludes halogenated alkanes) is 36. The summed E-state index contributed by atoms with van der Waals surface area (Å²) in [5.74, 6) is -0.142. The first-order valence-corrected chi connectivity index (χ1v) is 25.0. The summed E-state index contributed by atoms with van der Waals surface area (Å²) in [4.78, 5) is 12.4. The van der Waals surface area contributed by atoms with E-state index >= 15 is 0 Å². The molecule has 55 heavy (non-hydrogen) atoms. The van der Waals surface area contributed by atoms with Crippen LogP contribution in [-0.4, -0.2) is 46.1 Å². The molecule has 0 radical (unpaired) electrons. The number of carbonyl (C=O) groups is 1. The third-order valence-corrected chi connectivity index (χ3v) is 11.9. The van der Waals surface area contributed by atoms with Crippen LogP contribution < -0.4 is 5.32 Å². The van der Waals surface area contributed by atoms with Crippen LogP contribution in [0.5, 0.6) is 0 Å². The highest BCUT2D eigenvalue weighted by atomic mass is 16.3. The van der Waals surface area contributed by atoms with Crippen LogP contribution in [-0.2, 0) is 4.79 Å². The van der Waals surface area contributed by atoms with E-state index in [1.807, 2.05) is 0 Å². The number of hydrogen-bond donors (Lipinski definition) is 4. The van der Waals surface area contributed by atoms with Crippen LogP contribution >= 0.6 is 0 Å². The first kappa shape index (κ1) is 54.1. The lowest BCUT2D eigenvalue weighted by Gasteiger charge is -2.26. The van der Waals surface area contributed by atoms with Crippen LogP contribution in [0.1, 0.15) is 277 Å². The Kier molecular flexibility index (Phi) is 45.0. The molecule has 0 aromatic rings. The minimum absolute atomic E-state index is 0.142. The molecule has 0 aliphatic heterocycles. The SMILES string of the molecule is CCCCCCCCCCCCCC/C=C\CCCCCCCCCCCCCCCCC(=O)NC(CO)C(O)C(O)CCCCCCCCCCCCC. The zero-order chi connectivity index (χ0) is 40.1. The second kappa shape index (κ2) is 45.8. The highest BCUT2D eigenvalue weighted by Gasteiger charge is 2.26. The minimum atomic E-state index is -1.13. The van der Waals surface area contributed by atoms with E-state index in [9.17, 15) is 20.1 Å². The maximum Gasteiger partial charge on any atom is 0.220 e. The molecule has 3 atom stereocenters. The second-order valence-electron chi connectivity index (χ2n) is 17.4. The molecule has 0 rings (SSSR count). The van der Waals surface area contributed by atoms with Crippen LogP contribution in [0.15, 0.2) is 12.2 Å². The number of amides is 1. The van der Waals surface area contributed by atoms with E-state index in [2.05, 4.69) is 31.3 Å². The first-order valence-electron chi connectivity index (χ1n) is 25.0. The van der Waals surface area contributed by atoms with Crippen molar-refractivity contribution in [1.29, 1.82) is 0 Å². The average Bonchev–Trinajstić information content (AvgIpc) is 3.19. The summed E-state index contributed by atoms with van der Waals surface area (Å²) in [5.41, 5.74) is 0. The van der Waals surface area contributed by atoms with Gasteiger partial charge in [0.05, 0.1) is 18.8 Å². The zero-order valence-corrected chi connectivity index (χ0v) is 37.3. The Morgan fingerprint density at radius 3 is 1.05 bits per heavy atom. The Hall–Kier alpha value is -0.910. The van der Waals surface area contributed by atoms with Crippen molar-refractivity contribution in [1.82, 2.24) is 5.32 Å². The molecule has 0 spiro atoms. The third-order valence-electron chi connectivity index (χ3n) is 11.9. The average molecular weight is 778 g/mol. The Bertz CT molecular complexity index is 773. The van der Waals surface area contributed by atoms with Gasteiger partial charge in [-0.15, -0.1) is 0 Å². The molecule has 0 heterocycles. The van der Waals surface area contributed by atoms with Crippen molar-refractivity contribution in [3.8, 4) is 0 Å². The molecular formula is C50H99NO4. The molecule has 0 saturated heterocycles. The van der Waals surface area contributed by atoms with Crippen LogP contribution in [0.2, 0.25) is 0 Å². The van der Waals surface area contributed by atoms with Gasteiger partial charge < -0.3 is 20.6 Å². The van der Waals surface area contributed by atoms with Crippen molar-refractivity contribution in [2.24, 2.45) is 0 Å². The molecule has 5 heteroatoms. The molecule has 5 nitrogen and oxygen atoms in total. The molecule has 3 unspecified atom stereocenters. The summed E-state index contributed by atoms with van der Waals surface area (Å²) >= 11 is 0. The van der Waals surface area contributed by atoms with Crippen LogP contribution in [0, 0.1) is 0 Å². The fourth-order valence-corrected chi connectivity index (χ4v) is 7.98. The van der Waals surface area contributed by atoms with Gasteiger partial charge in [-0.25, -0.2) is 0 Å². The van der Waals surface area contributed by atoms with Crippen molar-refractivity contribution < 1.29 is 20.1 Å². The number of aliphatic hydroxyl groups is 3. The van der Waals surface area contributed by atoms with Gasteiger partial charge in [0.15, 0.2) is 0 Å². The molecule has 328 valence electrons. The lowest BCUT2D eigenvalue weighted by Crippen LogP contribution is -2.50. The van der Waals surface area contributed by atoms with Gasteiger partial charge in [0.1, 0.15) is 6.10 Å². The zero-order valence-electron chi connectivity index (χ0n) is 37.3. The largest absolute Gasteiger partial charge is 0.394 e. The van der Waals surface area contributed by atoms with Gasteiger partial charge >= 0.3 is 0 Å². The van der Waals surface area contributed by atoms with Crippen molar-refractivity contribution >= 4 is 5.91 Å². The topological polar surface area (TPSA) is 89.8 Å². The number of carbonyl (C=O) groups excluding carboxylic acids is 1. The number of allylic oxidation sites excluding steroid dienone is 2. The normalized spacial score (nSPS) is 13.5. The Morgan fingerprint density at radius 1 is 0.436 bits per heavy atom. The summed E-state index contributed by atoms with van der Waals surface area (Å²) in [6.07, 6.45) is 55.0. The summed E-state index contributed by atoms with van der Waals surface area (Å²) in [7, 11) is 0. The predicted molar refractivity (Wildman–Crippen MR) is 241 cm³/mol. The van der Waals surface area contributed by atoms with Crippen molar-refractivity contribution in [2.75, 3.05) is 6.61 Å². The van der Waals surface area contributed by atoms with E-state index in [0.717, 1.165) is 38.5 Å². The van der Waals surface area contributed by atoms with E-state index < -0.39 is 18.2 Å². The smallest absolute Gasteiger partial charge is 0.220 e. The second-order valence-corrected chi connectivity index (χ2v) is 17.4. The molecule has 4 N–H and O–H groups in total. The van der Waals surface area contributed by atoms with Crippen molar-refractivity contribution in [3.05, 3.63) is 12.2 Å². The molecule has 0 aromatic carbocycles. The summed E-state index contributed by atoms with van der Waals surface area (Å²) in [6.45, 7) is 4.19. The molecule has 0 bridgehead atoms. The number of nitrogens with one attached hydrogen (secondary N) is 1. The Labute approximate surface area is 344 Å². The van der Waals surface area contributed by atoms with E-state index in [-0.39, 0.29) is 12.5 Å². The summed E-state index contributed by atoms with van der Waals surface area (Å²) in [6, 6.07) is -0.804. The number of hydrogen-bond acceptors (Lipinski definition) is 4. The van der Waals surface area contributed by atoms with E-state index in [1.165, 1.54) is 212 Å². The standard InChI is InChI=1S/C50H99NO4/c1-3-5-7-9-11-13-15-16-17-18-19-20-21-22-23-24-25-26-27-28-29-30-31-32-33-35-37-39-41-43-45-49(54)51-47(46-52)50(55)48(53)44-42-40-38-36-34-14-12-10-8-6-4-2/h22-23,47-48,50,52-53,55H,3-21,24-46H2,1-2H3,(H,51,54)/b23-22-. The summed E-state index contributed by atoms with van der Waals surface area (Å²) in [5, 5.41) is 33.5. The van der Waals surface area contributed by atoms with Gasteiger partial charge in [-0.05, 0) is 38.5 Å². The lowest BCUT2D eigenvalue weighted by molar-refractivity contribution is -0.124. The molecule has 1 amide bonds. The van der Waals surface area contributed by atoms with Gasteiger partial charge in [0.25, 0.3) is 0 Å². The van der Waals surface area contributed by atoms with Gasteiger partial charge in [-0.1, -0.05) is 244 Å². The van der Waals surface area contributed by atoms with Gasteiger partial charge in [-0.3, -0.25) is 4.79 Å². The molecule has 0 aromatic heterocycles. The Morgan fingerprint density at radius 2 is 0.727 bits per heavy atom. The monoisotopic (exact) mass is 778 g/mol. The number of rotatable bonds is 46. The van der Waals surface area contributed by atoms with Crippen LogP contribution in [0.3, 0.4) is 0 Å². The predicted octanol–water partition coefficient (Wildman–Crippen LogP) is 14.8. The van der Waals surface area contributed by atoms with Gasteiger partial charge in [0.2, 0.25) is 5.91 Å². The quantitative estimate of drug-likeness (QED) is 0.0366. The van der Waals surface area contributed by atoms with E-state index in [4.69, 9.17) is 0 Å². The Balaban J connectivity index is 3.48. The van der Waals surface area contributed by atoms with Gasteiger partial charge in [0, 0.05) is 6.42 Å². The minimum Gasteiger partial charge on any atom is -0.394 e. The fraction of sp³-hybridized carbons (Fsp3) is 0.940. The molecule has 0 aliphatic rings. The molecule has 0 aliphatic carbocycles. The lowest BCUT2D eigenvalue weighted by atomic mass is 9.99. The van der Waals surface area contributed by atoms with Crippen molar-refractivity contribution in [3.63, 3.8) is 0 Å². The first-order chi connectivity index (χ1) is 27.1. The van der Waals surface area contributed by atoms with E-state index in [1.54, 1.807) is 0 Å². The highest BCUT2D eigenvalue weighted by Crippen LogP contribution is 2.17. The molecule has 0 saturated carbocycles. The molecular weight excluding hydrogens is 679 g/mol. The van der Waals surface area contributed by atoms with Gasteiger partial charge in [-0.2, -0.15) is 0 Å². The van der Waals surface area contributed by atoms with Crippen molar-refractivity contribution in [2.45, 2.75) is 295 Å². The van der Waals surface area contributed by atoms with E-state index in [0.29, 0.717) is 12.8 Å².